The molecule has 4 aromatic carbocycles. The van der Waals surface area contributed by atoms with Gasteiger partial charge in [-0.2, -0.15) is 0 Å². The van der Waals surface area contributed by atoms with Crippen LogP contribution in [-0.4, -0.2) is 36.4 Å². The topological polar surface area (TPSA) is 156 Å². The van der Waals surface area contributed by atoms with Crippen molar-refractivity contribution in [1.29, 1.82) is 0 Å². The number of non-ortho nitro benzene ring substituents is 1. The third kappa shape index (κ3) is 6.90. The third-order valence-corrected chi connectivity index (χ3v) is 7.81. The number of hydrogen-bond acceptors (Lipinski definition) is 6. The number of halogens is 1. The number of anilines is 1. The van der Waals surface area contributed by atoms with Crippen LogP contribution < -0.4 is 10.0 Å². The Morgan fingerprint density at radius 1 is 0.900 bits per heavy atom. The summed E-state index contributed by atoms with van der Waals surface area (Å²) in [4.78, 5) is 35.2. The highest BCUT2D eigenvalue weighted by molar-refractivity contribution is 9.10. The monoisotopic (exact) mass is 623 g/mol. The minimum Gasteiger partial charge on any atom is -0.480 e. The van der Waals surface area contributed by atoms with Gasteiger partial charge in [0, 0.05) is 23.0 Å². The number of carboxylic acid groups (broad SMARTS) is 1. The van der Waals surface area contributed by atoms with Crippen LogP contribution in [0.3, 0.4) is 0 Å². The van der Waals surface area contributed by atoms with Crippen LogP contribution in [0.1, 0.15) is 15.9 Å². The fraction of sp³-hybridized carbons (Fsp3) is 0.0714. The number of nitro benzene ring substituents is 1. The number of amides is 1. The molecule has 0 aliphatic rings. The standard InChI is InChI=1S/C28H22BrN3O7S/c29-21-10-15-25(31-40(38,39)23-13-11-22(12-14-23)32(36)37)24(17-21)27(33)30-26(28(34)35)16-18-6-8-20(9-7-18)19-4-2-1-3-5-19/h1-15,17,26,31H,16H2,(H,30,33)(H,34,35). The predicted molar refractivity (Wildman–Crippen MR) is 153 cm³/mol. The molecule has 4 aromatic rings. The Bertz CT molecular complexity index is 1660. The van der Waals surface area contributed by atoms with Crippen molar-refractivity contribution in [2.24, 2.45) is 0 Å². The van der Waals surface area contributed by atoms with Crippen LogP contribution in [0, 0.1) is 10.1 Å². The van der Waals surface area contributed by atoms with Gasteiger partial charge in [-0.25, -0.2) is 13.2 Å². The molecule has 1 amide bonds. The van der Waals surface area contributed by atoms with E-state index in [0.29, 0.717) is 10.0 Å². The van der Waals surface area contributed by atoms with E-state index < -0.39 is 32.9 Å². The van der Waals surface area contributed by atoms with Crippen molar-refractivity contribution in [2.75, 3.05) is 4.72 Å². The summed E-state index contributed by atoms with van der Waals surface area (Å²) >= 11 is 3.25. The molecular weight excluding hydrogens is 602 g/mol. The first kappa shape index (κ1) is 28.5. The number of aliphatic carboxylic acids is 1. The van der Waals surface area contributed by atoms with Crippen LogP contribution in [0.15, 0.2) is 106 Å². The molecule has 3 N–H and O–H groups in total. The van der Waals surface area contributed by atoms with Crippen molar-refractivity contribution in [3.63, 3.8) is 0 Å². The van der Waals surface area contributed by atoms with Gasteiger partial charge in [-0.1, -0.05) is 70.5 Å². The quantitative estimate of drug-likeness (QED) is 0.161. The van der Waals surface area contributed by atoms with Crippen LogP contribution in [0.25, 0.3) is 11.1 Å². The number of nitrogens with one attached hydrogen (secondary N) is 2. The van der Waals surface area contributed by atoms with E-state index in [1.165, 1.54) is 18.2 Å². The summed E-state index contributed by atoms with van der Waals surface area (Å²) in [5.41, 5.74) is 2.15. The smallest absolute Gasteiger partial charge is 0.326 e. The average Bonchev–Trinajstić information content (AvgIpc) is 2.94. The Morgan fingerprint density at radius 3 is 2.12 bits per heavy atom. The van der Waals surface area contributed by atoms with E-state index in [-0.39, 0.29) is 28.3 Å². The number of carboxylic acids is 1. The predicted octanol–water partition coefficient (Wildman–Crippen LogP) is 5.25. The van der Waals surface area contributed by atoms with Crippen LogP contribution in [-0.2, 0) is 21.2 Å². The third-order valence-electron chi connectivity index (χ3n) is 5.93. The molecule has 0 saturated carbocycles. The molecule has 40 heavy (non-hydrogen) atoms. The van der Waals surface area contributed by atoms with Gasteiger partial charge in [-0.05, 0) is 47.0 Å². The first-order chi connectivity index (χ1) is 19.0. The number of carbonyl (C=O) groups is 2. The Hall–Kier alpha value is -4.55. The lowest BCUT2D eigenvalue weighted by molar-refractivity contribution is -0.384. The van der Waals surface area contributed by atoms with Gasteiger partial charge >= 0.3 is 5.97 Å². The minimum atomic E-state index is -4.23. The first-order valence-corrected chi connectivity index (χ1v) is 14.1. The zero-order chi connectivity index (χ0) is 28.9. The van der Waals surface area contributed by atoms with Crippen molar-refractivity contribution in [3.05, 3.63) is 123 Å². The van der Waals surface area contributed by atoms with Crippen molar-refractivity contribution in [3.8, 4) is 11.1 Å². The molecule has 12 heteroatoms. The zero-order valence-electron chi connectivity index (χ0n) is 20.7. The fourth-order valence-electron chi connectivity index (χ4n) is 3.88. The van der Waals surface area contributed by atoms with Gasteiger partial charge in [0.2, 0.25) is 0 Å². The normalized spacial score (nSPS) is 11.8. The van der Waals surface area contributed by atoms with E-state index >= 15 is 0 Å². The van der Waals surface area contributed by atoms with Crippen molar-refractivity contribution in [1.82, 2.24) is 5.32 Å². The SMILES string of the molecule is O=C(NC(Cc1ccc(-c2ccccc2)cc1)C(=O)O)c1cc(Br)ccc1NS(=O)(=O)c1ccc([N+](=O)[O-])cc1. The van der Waals surface area contributed by atoms with E-state index in [0.717, 1.165) is 35.4 Å². The van der Waals surface area contributed by atoms with Crippen LogP contribution in [0.4, 0.5) is 11.4 Å². The van der Waals surface area contributed by atoms with E-state index in [1.54, 1.807) is 12.1 Å². The first-order valence-electron chi connectivity index (χ1n) is 11.8. The molecular formula is C28H22BrN3O7S. The van der Waals surface area contributed by atoms with Crippen LogP contribution in [0.2, 0.25) is 0 Å². The number of sulfonamides is 1. The van der Waals surface area contributed by atoms with E-state index in [1.807, 2.05) is 42.5 Å². The molecule has 4 rings (SSSR count). The number of nitrogens with zero attached hydrogens (tertiary/aromatic N) is 1. The molecule has 0 heterocycles. The molecule has 0 radical (unpaired) electrons. The average molecular weight is 624 g/mol. The molecule has 204 valence electrons. The van der Waals surface area contributed by atoms with Crippen LogP contribution in [0.5, 0.6) is 0 Å². The second kappa shape index (κ2) is 12.1. The Balaban J connectivity index is 1.53. The molecule has 1 unspecified atom stereocenters. The second-order valence-corrected chi connectivity index (χ2v) is 11.3. The van der Waals surface area contributed by atoms with Crippen LogP contribution >= 0.6 is 15.9 Å². The molecule has 0 aliphatic heterocycles. The summed E-state index contributed by atoms with van der Waals surface area (Å²) in [6.07, 6.45) is -0.00595. The zero-order valence-corrected chi connectivity index (χ0v) is 23.1. The highest BCUT2D eigenvalue weighted by atomic mass is 79.9. The molecule has 1 atom stereocenters. The molecule has 0 aromatic heterocycles. The largest absolute Gasteiger partial charge is 0.480 e. The number of benzene rings is 4. The Morgan fingerprint density at radius 2 is 1.52 bits per heavy atom. The van der Waals surface area contributed by atoms with Gasteiger partial charge in [0.25, 0.3) is 21.6 Å². The Kier molecular flexibility index (Phi) is 8.61. The maximum Gasteiger partial charge on any atom is 0.326 e. The highest BCUT2D eigenvalue weighted by Crippen LogP contribution is 2.26. The van der Waals surface area contributed by atoms with E-state index in [4.69, 9.17) is 0 Å². The molecule has 0 saturated heterocycles. The summed E-state index contributed by atoms with van der Waals surface area (Å²) in [6.45, 7) is 0. The lowest BCUT2D eigenvalue weighted by atomic mass is 10.0. The number of nitro groups is 1. The summed E-state index contributed by atoms with van der Waals surface area (Å²) in [5.74, 6) is -2.07. The summed E-state index contributed by atoms with van der Waals surface area (Å²) in [7, 11) is -4.23. The summed E-state index contributed by atoms with van der Waals surface area (Å²) in [5, 5.41) is 23.2. The fourth-order valence-corrected chi connectivity index (χ4v) is 5.32. The van der Waals surface area contributed by atoms with Gasteiger partial charge in [-0.15, -0.1) is 0 Å². The van der Waals surface area contributed by atoms with Gasteiger partial charge in [0.05, 0.1) is 21.1 Å². The van der Waals surface area contributed by atoms with Gasteiger partial charge < -0.3 is 10.4 Å². The van der Waals surface area contributed by atoms with E-state index in [2.05, 4.69) is 26.0 Å². The molecule has 0 aliphatic carbocycles. The molecule has 0 spiro atoms. The number of rotatable bonds is 10. The maximum atomic E-state index is 13.2. The van der Waals surface area contributed by atoms with E-state index in [9.17, 15) is 33.2 Å². The van der Waals surface area contributed by atoms with Gasteiger partial charge in [0.1, 0.15) is 6.04 Å². The summed E-state index contributed by atoms with van der Waals surface area (Å²) < 4.78 is 28.6. The summed E-state index contributed by atoms with van der Waals surface area (Å²) in [6, 6.07) is 24.1. The molecule has 10 nitrogen and oxygen atoms in total. The van der Waals surface area contributed by atoms with Crippen molar-refractivity contribution in [2.45, 2.75) is 17.4 Å². The Labute approximate surface area is 238 Å². The van der Waals surface area contributed by atoms with Crippen molar-refractivity contribution >= 4 is 49.2 Å². The highest BCUT2D eigenvalue weighted by Gasteiger charge is 2.25. The molecule has 0 fully saturated rings. The number of carbonyl (C=O) groups excluding carboxylic acids is 1. The second-order valence-electron chi connectivity index (χ2n) is 8.68. The maximum absolute atomic E-state index is 13.2. The lowest BCUT2D eigenvalue weighted by Crippen LogP contribution is -2.42. The molecule has 0 bridgehead atoms. The van der Waals surface area contributed by atoms with Crippen molar-refractivity contribution < 1.29 is 28.0 Å². The lowest BCUT2D eigenvalue weighted by Gasteiger charge is -2.17. The minimum absolute atomic E-state index is 0.00595. The van der Waals surface area contributed by atoms with Gasteiger partial charge in [0.15, 0.2) is 0 Å². The van der Waals surface area contributed by atoms with Gasteiger partial charge in [-0.3, -0.25) is 19.6 Å². The number of hydrogen-bond donors (Lipinski definition) is 3.